The molecule has 0 spiro atoms. The molecule has 3 nitrogen and oxygen atoms in total. The van der Waals surface area contributed by atoms with Crippen LogP contribution in [0.3, 0.4) is 0 Å². The van der Waals surface area contributed by atoms with Gasteiger partial charge in [-0.25, -0.2) is 4.98 Å². The van der Waals surface area contributed by atoms with Crippen LogP contribution >= 0.6 is 27.3 Å². The lowest BCUT2D eigenvalue weighted by atomic mass is 10.2. The van der Waals surface area contributed by atoms with Gasteiger partial charge in [-0.1, -0.05) is 46.3 Å². The Kier molecular flexibility index (Phi) is 5.20. The highest BCUT2D eigenvalue weighted by Crippen LogP contribution is 2.23. The Labute approximate surface area is 147 Å². The van der Waals surface area contributed by atoms with Gasteiger partial charge in [0.05, 0.1) is 16.3 Å². The Balaban J connectivity index is 1.64. The van der Waals surface area contributed by atoms with Crippen molar-refractivity contribution in [3.63, 3.8) is 0 Å². The Bertz CT molecular complexity index is 802. The second-order valence-electron chi connectivity index (χ2n) is 4.98. The van der Waals surface area contributed by atoms with E-state index in [0.717, 1.165) is 27.9 Å². The van der Waals surface area contributed by atoms with E-state index in [1.54, 1.807) is 23.5 Å². The zero-order chi connectivity index (χ0) is 16.1. The molecule has 0 aliphatic heterocycles. The molecule has 23 heavy (non-hydrogen) atoms. The van der Waals surface area contributed by atoms with Gasteiger partial charge in [-0.2, -0.15) is 0 Å². The number of thiazole rings is 1. The summed E-state index contributed by atoms with van der Waals surface area (Å²) in [6.07, 6.45) is 1.62. The summed E-state index contributed by atoms with van der Waals surface area (Å²) in [6.45, 7) is 0.355. The number of aldehydes is 1. The molecule has 0 aliphatic rings. The highest BCUT2D eigenvalue weighted by molar-refractivity contribution is 9.10. The van der Waals surface area contributed by atoms with Crippen LogP contribution < -0.4 is 4.74 Å². The third kappa shape index (κ3) is 4.27. The number of halogens is 1. The number of benzene rings is 2. The molecule has 1 aromatic heterocycles. The van der Waals surface area contributed by atoms with Crippen molar-refractivity contribution in [2.45, 2.75) is 13.0 Å². The fraction of sp³-hybridized carbons (Fsp3) is 0.111. The lowest BCUT2D eigenvalue weighted by molar-refractivity contribution is 0.111. The van der Waals surface area contributed by atoms with E-state index in [9.17, 15) is 4.79 Å². The maximum absolute atomic E-state index is 11.1. The zero-order valence-corrected chi connectivity index (χ0v) is 14.6. The number of aromatic nitrogens is 1. The van der Waals surface area contributed by atoms with Gasteiger partial charge in [0.15, 0.2) is 6.29 Å². The van der Waals surface area contributed by atoms with Gasteiger partial charge in [0.2, 0.25) is 0 Å². The Hall–Kier alpha value is -1.98. The summed E-state index contributed by atoms with van der Waals surface area (Å²) in [5.41, 5.74) is 2.64. The first-order valence-corrected chi connectivity index (χ1v) is 8.76. The molecule has 0 bridgehead atoms. The van der Waals surface area contributed by atoms with Crippen LogP contribution in [0.5, 0.6) is 5.75 Å². The summed E-state index contributed by atoms with van der Waals surface area (Å²) in [5.74, 6) is 0.570. The Morgan fingerprint density at radius 2 is 2.00 bits per heavy atom. The van der Waals surface area contributed by atoms with Crippen LogP contribution in [-0.2, 0) is 13.0 Å². The maximum Gasteiger partial charge on any atom is 0.153 e. The third-order valence-corrected chi connectivity index (χ3v) is 4.66. The van der Waals surface area contributed by atoms with Crippen molar-refractivity contribution >= 4 is 33.6 Å². The van der Waals surface area contributed by atoms with Gasteiger partial charge in [-0.15, -0.1) is 11.3 Å². The summed E-state index contributed by atoms with van der Waals surface area (Å²) in [6, 6.07) is 15.6. The van der Waals surface area contributed by atoms with E-state index in [1.165, 1.54) is 5.56 Å². The Morgan fingerprint density at radius 3 is 2.78 bits per heavy atom. The molecule has 3 aromatic rings. The minimum absolute atomic E-state index is 0.355. The van der Waals surface area contributed by atoms with Crippen LogP contribution in [0.2, 0.25) is 0 Å². The fourth-order valence-corrected chi connectivity index (χ4v) is 3.35. The molecule has 0 unspecified atom stereocenters. The van der Waals surface area contributed by atoms with Gasteiger partial charge in [0.1, 0.15) is 12.4 Å². The lowest BCUT2D eigenvalue weighted by Crippen LogP contribution is -1.99. The second kappa shape index (κ2) is 7.53. The van der Waals surface area contributed by atoms with Gasteiger partial charge in [0, 0.05) is 16.3 Å². The fourth-order valence-electron chi connectivity index (χ4n) is 2.16. The first-order valence-electron chi connectivity index (χ1n) is 7.09. The normalized spacial score (nSPS) is 10.5. The number of hydrogen-bond donors (Lipinski definition) is 0. The van der Waals surface area contributed by atoms with Crippen molar-refractivity contribution in [3.8, 4) is 5.75 Å². The molecular formula is C18H14BrNO2S. The molecule has 0 aliphatic carbocycles. The zero-order valence-electron chi connectivity index (χ0n) is 12.2. The van der Waals surface area contributed by atoms with Gasteiger partial charge >= 0.3 is 0 Å². The minimum Gasteiger partial charge on any atom is -0.487 e. The Morgan fingerprint density at radius 1 is 1.17 bits per heavy atom. The summed E-state index contributed by atoms with van der Waals surface area (Å²) in [4.78, 5) is 15.7. The molecule has 0 fully saturated rings. The van der Waals surface area contributed by atoms with Crippen LogP contribution in [-0.4, -0.2) is 11.3 Å². The van der Waals surface area contributed by atoms with E-state index in [0.29, 0.717) is 17.9 Å². The molecule has 0 atom stereocenters. The van der Waals surface area contributed by atoms with Gasteiger partial charge in [-0.3, -0.25) is 4.79 Å². The molecule has 3 rings (SSSR count). The monoisotopic (exact) mass is 387 g/mol. The predicted molar refractivity (Wildman–Crippen MR) is 95.2 cm³/mol. The highest BCUT2D eigenvalue weighted by atomic mass is 79.9. The highest BCUT2D eigenvalue weighted by Gasteiger charge is 2.07. The minimum atomic E-state index is 0.355. The number of rotatable bonds is 6. The molecule has 0 N–H and O–H groups in total. The van der Waals surface area contributed by atoms with E-state index >= 15 is 0 Å². The molecule has 0 amide bonds. The number of ether oxygens (including phenoxy) is 1. The van der Waals surface area contributed by atoms with Crippen molar-refractivity contribution in [2.24, 2.45) is 0 Å². The quantitative estimate of drug-likeness (QED) is 0.565. The molecule has 1 heterocycles. The number of carbonyl (C=O) groups excluding carboxylic acids is 1. The van der Waals surface area contributed by atoms with E-state index < -0.39 is 0 Å². The van der Waals surface area contributed by atoms with Crippen molar-refractivity contribution in [1.29, 1.82) is 0 Å². The maximum atomic E-state index is 11.1. The number of hydrogen-bond acceptors (Lipinski definition) is 4. The van der Waals surface area contributed by atoms with E-state index in [4.69, 9.17) is 4.74 Å². The topological polar surface area (TPSA) is 39.2 Å². The number of carbonyl (C=O) groups is 1. The molecule has 5 heteroatoms. The largest absolute Gasteiger partial charge is 0.487 e. The second-order valence-corrected chi connectivity index (χ2v) is 6.84. The summed E-state index contributed by atoms with van der Waals surface area (Å²) < 4.78 is 6.58. The summed E-state index contributed by atoms with van der Waals surface area (Å²) in [5, 5.41) is 3.05. The summed E-state index contributed by atoms with van der Waals surface area (Å²) >= 11 is 4.97. The molecule has 0 saturated heterocycles. The van der Waals surface area contributed by atoms with Crippen LogP contribution in [0.15, 0.2) is 58.4 Å². The van der Waals surface area contributed by atoms with Crippen LogP contribution in [0.4, 0.5) is 0 Å². The predicted octanol–water partition coefficient (Wildman–Crippen LogP) is 4.89. The standard InChI is InChI=1S/C18H14BrNO2S/c19-15-6-7-17(14(9-15)10-21)22-11-16-12-23-18(20-16)8-13-4-2-1-3-5-13/h1-7,9-10,12H,8,11H2. The molecule has 0 saturated carbocycles. The van der Waals surface area contributed by atoms with E-state index in [-0.39, 0.29) is 0 Å². The molecular weight excluding hydrogens is 374 g/mol. The van der Waals surface area contributed by atoms with Gasteiger partial charge in [-0.05, 0) is 23.8 Å². The van der Waals surface area contributed by atoms with Crippen molar-refractivity contribution < 1.29 is 9.53 Å². The molecule has 2 aromatic carbocycles. The van der Waals surface area contributed by atoms with Crippen molar-refractivity contribution in [2.75, 3.05) is 0 Å². The smallest absolute Gasteiger partial charge is 0.153 e. The van der Waals surface area contributed by atoms with Crippen molar-refractivity contribution in [1.82, 2.24) is 4.98 Å². The molecule has 116 valence electrons. The SMILES string of the molecule is O=Cc1cc(Br)ccc1OCc1csc(Cc2ccccc2)n1. The first-order chi connectivity index (χ1) is 11.2. The average Bonchev–Trinajstić information content (AvgIpc) is 3.02. The van der Waals surface area contributed by atoms with Crippen LogP contribution in [0.1, 0.15) is 26.6 Å². The lowest BCUT2D eigenvalue weighted by Gasteiger charge is -2.07. The van der Waals surface area contributed by atoms with E-state index in [1.807, 2.05) is 29.6 Å². The van der Waals surface area contributed by atoms with Gasteiger partial charge < -0.3 is 4.74 Å². The van der Waals surface area contributed by atoms with Gasteiger partial charge in [0.25, 0.3) is 0 Å². The average molecular weight is 388 g/mol. The first kappa shape index (κ1) is 15.9. The van der Waals surface area contributed by atoms with Crippen LogP contribution in [0.25, 0.3) is 0 Å². The molecule has 0 radical (unpaired) electrons. The number of nitrogens with zero attached hydrogens (tertiary/aromatic N) is 1. The van der Waals surface area contributed by atoms with Crippen LogP contribution in [0, 0.1) is 0 Å². The van der Waals surface area contributed by atoms with E-state index in [2.05, 4.69) is 33.0 Å². The summed E-state index contributed by atoms with van der Waals surface area (Å²) in [7, 11) is 0. The third-order valence-electron chi connectivity index (χ3n) is 3.27. The van der Waals surface area contributed by atoms with Crippen molar-refractivity contribution in [3.05, 3.63) is 80.2 Å².